The normalized spacial score (nSPS) is 9.81. The maximum Gasteiger partial charge on any atom is 0.275 e. The van der Waals surface area contributed by atoms with Crippen LogP contribution < -0.4 is 5.32 Å². The van der Waals surface area contributed by atoms with Crippen LogP contribution in [0.1, 0.15) is 10.5 Å². The summed E-state index contributed by atoms with van der Waals surface area (Å²) in [6.45, 7) is 0. The Morgan fingerprint density at radius 1 is 1.31 bits per heavy atom. The number of aromatic nitrogens is 3. The van der Waals surface area contributed by atoms with E-state index in [0.717, 1.165) is 0 Å². The topological polar surface area (TPSA) is 67.8 Å². The van der Waals surface area contributed by atoms with Crippen molar-refractivity contribution >= 4 is 23.3 Å². The van der Waals surface area contributed by atoms with Crippen molar-refractivity contribution in [3.63, 3.8) is 0 Å². The lowest BCUT2D eigenvalue weighted by Crippen LogP contribution is -2.14. The summed E-state index contributed by atoms with van der Waals surface area (Å²) < 4.78 is 0. The van der Waals surface area contributed by atoms with Crippen molar-refractivity contribution < 1.29 is 4.79 Å². The van der Waals surface area contributed by atoms with Gasteiger partial charge >= 0.3 is 0 Å². The van der Waals surface area contributed by atoms with Crippen LogP contribution in [0.3, 0.4) is 0 Å². The number of nitrogens with one attached hydrogen (secondary N) is 1. The fourth-order valence-corrected chi connectivity index (χ4v) is 1.24. The second-order valence-electron chi connectivity index (χ2n) is 2.89. The summed E-state index contributed by atoms with van der Waals surface area (Å²) in [5.74, 6) is -0.00252. The molecule has 0 aliphatic rings. The zero-order chi connectivity index (χ0) is 11.4. The second kappa shape index (κ2) is 4.67. The largest absolute Gasteiger partial charge is 0.304 e. The molecule has 0 unspecified atom stereocenters. The van der Waals surface area contributed by atoms with Crippen molar-refractivity contribution in [3.8, 4) is 0 Å². The predicted octanol–water partition coefficient (Wildman–Crippen LogP) is 1.78. The van der Waals surface area contributed by atoms with E-state index in [-0.39, 0.29) is 16.8 Å². The Bertz CT molecular complexity index is 503. The van der Waals surface area contributed by atoms with Gasteiger partial charge in [-0.3, -0.25) is 9.78 Å². The standard InChI is InChI=1S/C10H7ClN4O/c11-8-3-1-2-7(14-8)10(16)15-9-6-12-4-5-13-9/h1-6H,(H,13,15,16). The lowest BCUT2D eigenvalue weighted by Gasteiger charge is -2.02. The quantitative estimate of drug-likeness (QED) is 0.805. The van der Waals surface area contributed by atoms with E-state index < -0.39 is 0 Å². The van der Waals surface area contributed by atoms with Crippen LogP contribution in [-0.2, 0) is 0 Å². The minimum absolute atomic E-state index is 0.234. The Balaban J connectivity index is 2.15. The minimum atomic E-state index is -0.372. The van der Waals surface area contributed by atoms with E-state index in [0.29, 0.717) is 5.82 Å². The number of halogens is 1. The lowest BCUT2D eigenvalue weighted by molar-refractivity contribution is 0.102. The van der Waals surface area contributed by atoms with Crippen LogP contribution in [0.2, 0.25) is 5.15 Å². The number of amides is 1. The first-order valence-corrected chi connectivity index (χ1v) is 4.83. The van der Waals surface area contributed by atoms with E-state index in [9.17, 15) is 4.79 Å². The van der Waals surface area contributed by atoms with Crippen LogP contribution in [-0.4, -0.2) is 20.9 Å². The molecular weight excluding hydrogens is 228 g/mol. The van der Waals surface area contributed by atoms with Crippen LogP contribution >= 0.6 is 11.6 Å². The molecule has 0 saturated carbocycles. The van der Waals surface area contributed by atoms with Crippen molar-refractivity contribution in [2.75, 3.05) is 5.32 Å². The molecule has 0 saturated heterocycles. The number of carbonyl (C=O) groups is 1. The summed E-state index contributed by atoms with van der Waals surface area (Å²) in [4.78, 5) is 23.3. The molecule has 2 rings (SSSR count). The van der Waals surface area contributed by atoms with Crippen molar-refractivity contribution in [1.82, 2.24) is 15.0 Å². The predicted molar refractivity (Wildman–Crippen MR) is 59.2 cm³/mol. The third-order valence-electron chi connectivity index (χ3n) is 1.75. The molecule has 1 amide bonds. The van der Waals surface area contributed by atoms with E-state index in [1.165, 1.54) is 18.6 Å². The molecule has 0 atom stereocenters. The molecular formula is C10H7ClN4O. The van der Waals surface area contributed by atoms with Gasteiger partial charge in [-0.1, -0.05) is 17.7 Å². The fraction of sp³-hybridized carbons (Fsp3) is 0. The van der Waals surface area contributed by atoms with Gasteiger partial charge in [-0.2, -0.15) is 0 Å². The maximum atomic E-state index is 11.7. The number of nitrogens with zero attached hydrogens (tertiary/aromatic N) is 3. The molecule has 0 bridgehead atoms. The monoisotopic (exact) mass is 234 g/mol. The molecule has 0 radical (unpaired) electrons. The van der Waals surface area contributed by atoms with E-state index in [1.807, 2.05) is 0 Å². The molecule has 0 aromatic carbocycles. The number of carbonyl (C=O) groups excluding carboxylic acids is 1. The van der Waals surface area contributed by atoms with Crippen molar-refractivity contribution in [3.05, 3.63) is 47.6 Å². The Morgan fingerprint density at radius 2 is 2.19 bits per heavy atom. The molecule has 80 valence electrons. The first kappa shape index (κ1) is 10.5. The lowest BCUT2D eigenvalue weighted by atomic mass is 10.3. The van der Waals surface area contributed by atoms with Crippen LogP contribution in [0, 0.1) is 0 Å². The van der Waals surface area contributed by atoms with Crippen LogP contribution in [0.4, 0.5) is 5.82 Å². The Hall–Kier alpha value is -2.01. The molecule has 0 fully saturated rings. The smallest absolute Gasteiger partial charge is 0.275 e. The van der Waals surface area contributed by atoms with E-state index in [2.05, 4.69) is 20.3 Å². The van der Waals surface area contributed by atoms with Gasteiger partial charge in [0.2, 0.25) is 0 Å². The van der Waals surface area contributed by atoms with Gasteiger partial charge in [-0.25, -0.2) is 9.97 Å². The van der Waals surface area contributed by atoms with E-state index in [1.54, 1.807) is 18.2 Å². The molecule has 2 aromatic heterocycles. The van der Waals surface area contributed by atoms with Gasteiger partial charge in [-0.15, -0.1) is 0 Å². The van der Waals surface area contributed by atoms with Gasteiger partial charge in [0.1, 0.15) is 10.8 Å². The summed E-state index contributed by atoms with van der Waals surface area (Å²) in [6, 6.07) is 4.82. The molecule has 0 spiro atoms. The molecule has 16 heavy (non-hydrogen) atoms. The summed E-state index contributed by atoms with van der Waals surface area (Å²) in [7, 11) is 0. The maximum absolute atomic E-state index is 11.7. The Labute approximate surface area is 96.5 Å². The third-order valence-corrected chi connectivity index (χ3v) is 1.96. The van der Waals surface area contributed by atoms with Gasteiger partial charge in [-0.05, 0) is 12.1 Å². The molecule has 2 heterocycles. The summed E-state index contributed by atoms with van der Waals surface area (Å²) >= 11 is 5.67. The average molecular weight is 235 g/mol. The first-order valence-electron chi connectivity index (χ1n) is 4.45. The highest BCUT2D eigenvalue weighted by atomic mass is 35.5. The minimum Gasteiger partial charge on any atom is -0.304 e. The number of rotatable bonds is 2. The molecule has 1 N–H and O–H groups in total. The first-order chi connectivity index (χ1) is 7.75. The zero-order valence-corrected chi connectivity index (χ0v) is 8.85. The van der Waals surface area contributed by atoms with Gasteiger partial charge in [0, 0.05) is 12.4 Å². The molecule has 0 aliphatic heterocycles. The third kappa shape index (κ3) is 2.52. The van der Waals surface area contributed by atoms with Crippen molar-refractivity contribution in [1.29, 1.82) is 0 Å². The van der Waals surface area contributed by atoms with Crippen LogP contribution in [0.25, 0.3) is 0 Å². The highest BCUT2D eigenvalue weighted by Gasteiger charge is 2.08. The molecule has 2 aromatic rings. The van der Waals surface area contributed by atoms with E-state index in [4.69, 9.17) is 11.6 Å². The second-order valence-corrected chi connectivity index (χ2v) is 3.28. The SMILES string of the molecule is O=C(Nc1cnccn1)c1cccc(Cl)n1. The van der Waals surface area contributed by atoms with Gasteiger partial charge in [0.05, 0.1) is 6.20 Å². The fourth-order valence-electron chi connectivity index (χ4n) is 1.08. The van der Waals surface area contributed by atoms with Gasteiger partial charge in [0.15, 0.2) is 5.82 Å². The number of pyridine rings is 1. The van der Waals surface area contributed by atoms with Crippen LogP contribution in [0.15, 0.2) is 36.8 Å². The highest BCUT2D eigenvalue weighted by molar-refractivity contribution is 6.29. The zero-order valence-electron chi connectivity index (χ0n) is 8.09. The molecule has 6 heteroatoms. The van der Waals surface area contributed by atoms with Crippen LogP contribution in [0.5, 0.6) is 0 Å². The molecule has 0 aliphatic carbocycles. The Morgan fingerprint density at radius 3 is 2.88 bits per heavy atom. The summed E-state index contributed by atoms with van der Waals surface area (Å²) in [5, 5.41) is 2.82. The number of hydrogen-bond donors (Lipinski definition) is 1. The van der Waals surface area contributed by atoms with Gasteiger partial charge < -0.3 is 5.32 Å². The number of anilines is 1. The molecule has 5 nitrogen and oxygen atoms in total. The average Bonchev–Trinajstić information content (AvgIpc) is 2.30. The van der Waals surface area contributed by atoms with Crippen molar-refractivity contribution in [2.45, 2.75) is 0 Å². The van der Waals surface area contributed by atoms with Gasteiger partial charge in [0.25, 0.3) is 5.91 Å². The van der Waals surface area contributed by atoms with Crippen molar-refractivity contribution in [2.24, 2.45) is 0 Å². The summed E-state index contributed by atoms with van der Waals surface area (Å²) in [6.07, 6.45) is 4.46. The number of hydrogen-bond acceptors (Lipinski definition) is 4. The highest BCUT2D eigenvalue weighted by Crippen LogP contribution is 2.07. The van der Waals surface area contributed by atoms with E-state index >= 15 is 0 Å². The Kier molecular flexibility index (Phi) is 3.07. The summed E-state index contributed by atoms with van der Waals surface area (Å²) in [5.41, 5.74) is 0.234.